The minimum absolute atomic E-state index is 0.0885. The van der Waals surface area contributed by atoms with Crippen LogP contribution >= 0.6 is 0 Å². The fourth-order valence-corrected chi connectivity index (χ4v) is 2.47. The van der Waals surface area contributed by atoms with Crippen molar-refractivity contribution in [1.82, 2.24) is 10.1 Å². The Morgan fingerprint density at radius 1 is 1.24 bits per heavy atom. The fourth-order valence-electron chi connectivity index (χ4n) is 2.47. The number of hydrogen-bond donors (Lipinski definition) is 2. The predicted molar refractivity (Wildman–Crippen MR) is 82.1 cm³/mol. The summed E-state index contributed by atoms with van der Waals surface area (Å²) in [5.74, 6) is 2.04. The van der Waals surface area contributed by atoms with E-state index in [4.69, 9.17) is 10.3 Å². The monoisotopic (exact) mass is 289 g/mol. The van der Waals surface area contributed by atoms with Crippen LogP contribution in [0.4, 0.5) is 0 Å². The van der Waals surface area contributed by atoms with Crippen LogP contribution in [0.15, 0.2) is 16.7 Å². The van der Waals surface area contributed by atoms with Gasteiger partial charge in [0, 0.05) is 12.1 Å². The highest BCUT2D eigenvalue weighted by atomic mass is 16.5. The molecule has 5 nitrogen and oxygen atoms in total. The summed E-state index contributed by atoms with van der Waals surface area (Å²) < 4.78 is 5.38. The van der Waals surface area contributed by atoms with Gasteiger partial charge in [0.05, 0.1) is 5.92 Å². The van der Waals surface area contributed by atoms with Gasteiger partial charge in [-0.15, -0.1) is 0 Å². The summed E-state index contributed by atoms with van der Waals surface area (Å²) in [5.41, 5.74) is 8.25. The van der Waals surface area contributed by atoms with E-state index in [0.29, 0.717) is 29.9 Å². The largest absolute Gasteiger partial charge is 0.507 e. The zero-order valence-corrected chi connectivity index (χ0v) is 13.1. The molecule has 0 saturated carbocycles. The Balaban J connectivity index is 2.31. The van der Waals surface area contributed by atoms with Gasteiger partial charge in [-0.25, -0.2) is 0 Å². The number of phenols is 1. The van der Waals surface area contributed by atoms with Crippen molar-refractivity contribution in [2.45, 2.75) is 40.0 Å². The molecule has 5 heteroatoms. The summed E-state index contributed by atoms with van der Waals surface area (Å²) in [5, 5.41) is 13.9. The van der Waals surface area contributed by atoms with E-state index in [1.165, 1.54) is 0 Å². The zero-order valence-electron chi connectivity index (χ0n) is 13.1. The third kappa shape index (κ3) is 3.42. The van der Waals surface area contributed by atoms with Crippen LogP contribution < -0.4 is 5.73 Å². The van der Waals surface area contributed by atoms with Crippen molar-refractivity contribution < 1.29 is 9.63 Å². The molecule has 0 bridgehead atoms. The van der Waals surface area contributed by atoms with Crippen LogP contribution in [0.3, 0.4) is 0 Å². The van der Waals surface area contributed by atoms with E-state index in [9.17, 15) is 5.11 Å². The molecule has 0 amide bonds. The summed E-state index contributed by atoms with van der Waals surface area (Å²) in [4.78, 5) is 4.48. The molecule has 0 saturated heterocycles. The summed E-state index contributed by atoms with van der Waals surface area (Å²) >= 11 is 0. The van der Waals surface area contributed by atoms with Crippen molar-refractivity contribution in [1.29, 1.82) is 0 Å². The van der Waals surface area contributed by atoms with Gasteiger partial charge in [0.1, 0.15) is 5.75 Å². The third-order valence-corrected chi connectivity index (χ3v) is 3.58. The molecule has 0 aliphatic carbocycles. The van der Waals surface area contributed by atoms with Crippen molar-refractivity contribution >= 4 is 0 Å². The summed E-state index contributed by atoms with van der Waals surface area (Å²) in [6.07, 6.45) is 0.922. The lowest BCUT2D eigenvalue weighted by molar-refractivity contribution is 0.335. The van der Waals surface area contributed by atoms with Gasteiger partial charge >= 0.3 is 0 Å². The Bertz CT molecular complexity index is 597. The van der Waals surface area contributed by atoms with E-state index >= 15 is 0 Å². The predicted octanol–water partition coefficient (Wildman–Crippen LogP) is 3.15. The molecule has 1 heterocycles. The molecule has 3 N–H and O–H groups in total. The lowest BCUT2D eigenvalue weighted by Gasteiger charge is -2.11. The molecule has 21 heavy (non-hydrogen) atoms. The van der Waals surface area contributed by atoms with Gasteiger partial charge < -0.3 is 15.4 Å². The molecular formula is C16H23N3O2. The Kier molecular flexibility index (Phi) is 4.63. The third-order valence-electron chi connectivity index (χ3n) is 3.58. The minimum Gasteiger partial charge on any atom is -0.507 e. The minimum atomic E-state index is 0.0885. The van der Waals surface area contributed by atoms with Crippen molar-refractivity contribution in [3.8, 4) is 17.1 Å². The molecule has 2 aromatic rings. The normalized spacial score (nSPS) is 12.9. The summed E-state index contributed by atoms with van der Waals surface area (Å²) in [6, 6.07) is 3.72. The lowest BCUT2D eigenvalue weighted by Crippen LogP contribution is -2.15. The average molecular weight is 289 g/mol. The second-order valence-electron chi connectivity index (χ2n) is 5.98. The highest BCUT2D eigenvalue weighted by Crippen LogP contribution is 2.29. The smallest absolute Gasteiger partial charge is 0.231 e. The van der Waals surface area contributed by atoms with Crippen LogP contribution in [0.25, 0.3) is 11.4 Å². The van der Waals surface area contributed by atoms with Crippen molar-refractivity contribution in [3.63, 3.8) is 0 Å². The summed E-state index contributed by atoms with van der Waals surface area (Å²) in [7, 11) is 0. The van der Waals surface area contributed by atoms with Crippen LogP contribution in [0.1, 0.15) is 43.2 Å². The quantitative estimate of drug-likeness (QED) is 0.883. The highest BCUT2D eigenvalue weighted by Gasteiger charge is 2.20. The SMILES string of the molecule is Cc1cc(-c2noc(C(CN)CC(C)C)n2)cc(C)c1O. The summed E-state index contributed by atoms with van der Waals surface area (Å²) in [6.45, 7) is 8.50. The van der Waals surface area contributed by atoms with Crippen LogP contribution in [0.2, 0.25) is 0 Å². The molecule has 0 aliphatic rings. The molecule has 114 valence electrons. The van der Waals surface area contributed by atoms with Gasteiger partial charge in [-0.2, -0.15) is 4.98 Å². The van der Waals surface area contributed by atoms with Gasteiger partial charge in [0.25, 0.3) is 0 Å². The lowest BCUT2D eigenvalue weighted by atomic mass is 9.97. The molecule has 1 atom stereocenters. The maximum Gasteiger partial charge on any atom is 0.231 e. The van der Waals surface area contributed by atoms with Gasteiger partial charge in [-0.05, 0) is 49.4 Å². The second kappa shape index (κ2) is 6.26. The standard InChI is InChI=1S/C16H23N3O2/c1-9(2)5-13(8-17)16-18-15(19-21-16)12-6-10(3)14(20)11(4)7-12/h6-7,9,13,20H,5,8,17H2,1-4H3. The zero-order chi connectivity index (χ0) is 15.6. The molecule has 0 aliphatic heterocycles. The molecule has 0 radical (unpaired) electrons. The van der Waals surface area contributed by atoms with Gasteiger partial charge in [-0.1, -0.05) is 19.0 Å². The Morgan fingerprint density at radius 3 is 2.38 bits per heavy atom. The number of hydrogen-bond acceptors (Lipinski definition) is 5. The van der Waals surface area contributed by atoms with E-state index in [1.807, 2.05) is 26.0 Å². The van der Waals surface area contributed by atoms with Crippen LogP contribution in [-0.4, -0.2) is 21.8 Å². The number of rotatable bonds is 5. The van der Waals surface area contributed by atoms with Crippen LogP contribution in [0, 0.1) is 19.8 Å². The Hall–Kier alpha value is -1.88. The van der Waals surface area contributed by atoms with Gasteiger partial charge in [0.2, 0.25) is 11.7 Å². The number of aromatic hydroxyl groups is 1. The number of aryl methyl sites for hydroxylation is 2. The molecular weight excluding hydrogens is 266 g/mol. The average Bonchev–Trinajstić information content (AvgIpc) is 2.91. The number of benzene rings is 1. The molecule has 0 spiro atoms. The first-order chi connectivity index (χ1) is 9.92. The fraction of sp³-hybridized carbons (Fsp3) is 0.500. The van der Waals surface area contributed by atoms with E-state index in [0.717, 1.165) is 23.1 Å². The van der Waals surface area contributed by atoms with E-state index < -0.39 is 0 Å². The number of nitrogens with zero attached hydrogens (tertiary/aromatic N) is 2. The van der Waals surface area contributed by atoms with Crippen molar-refractivity contribution in [2.75, 3.05) is 6.54 Å². The van der Waals surface area contributed by atoms with Crippen LogP contribution in [0.5, 0.6) is 5.75 Å². The first-order valence-corrected chi connectivity index (χ1v) is 7.26. The Morgan fingerprint density at radius 2 is 1.86 bits per heavy atom. The molecule has 2 rings (SSSR count). The molecule has 1 aromatic heterocycles. The van der Waals surface area contributed by atoms with Gasteiger partial charge in [-0.3, -0.25) is 0 Å². The van der Waals surface area contributed by atoms with Crippen molar-refractivity contribution in [2.24, 2.45) is 11.7 Å². The van der Waals surface area contributed by atoms with Gasteiger partial charge in [0.15, 0.2) is 0 Å². The van der Waals surface area contributed by atoms with E-state index in [-0.39, 0.29) is 5.92 Å². The highest BCUT2D eigenvalue weighted by molar-refractivity contribution is 5.60. The molecule has 0 fully saturated rings. The maximum atomic E-state index is 9.83. The number of nitrogens with two attached hydrogens (primary N) is 1. The molecule has 1 unspecified atom stereocenters. The first kappa shape index (κ1) is 15.5. The number of aromatic nitrogens is 2. The first-order valence-electron chi connectivity index (χ1n) is 7.26. The topological polar surface area (TPSA) is 85.2 Å². The van der Waals surface area contributed by atoms with E-state index in [1.54, 1.807) is 0 Å². The van der Waals surface area contributed by atoms with E-state index in [2.05, 4.69) is 24.0 Å². The maximum absolute atomic E-state index is 9.83. The molecule has 1 aromatic carbocycles. The second-order valence-corrected chi connectivity index (χ2v) is 5.98. The van der Waals surface area contributed by atoms with Crippen LogP contribution in [-0.2, 0) is 0 Å². The number of phenolic OH excluding ortho intramolecular Hbond substituents is 1. The van der Waals surface area contributed by atoms with Crippen molar-refractivity contribution in [3.05, 3.63) is 29.2 Å². The Labute approximate surface area is 125 Å².